The molecule has 0 N–H and O–H groups in total. The first-order valence-electron chi connectivity index (χ1n) is 4.55. The molecule has 1 rings (SSSR count). The monoisotopic (exact) mass is 261 g/mol. The van der Waals surface area contributed by atoms with E-state index < -0.39 is 14.5 Å². The Bertz CT molecular complexity index is 485. The highest BCUT2D eigenvalue weighted by Crippen LogP contribution is 2.22. The zero-order valence-corrected chi connectivity index (χ0v) is 10.5. The minimum Gasteiger partial charge on any atom is -0.318 e. The van der Waals surface area contributed by atoms with Crippen LogP contribution in [0.3, 0.4) is 0 Å². The van der Waals surface area contributed by atoms with E-state index in [2.05, 4.69) is 0 Å². The number of alkyl halides is 1. The van der Waals surface area contributed by atoms with Gasteiger partial charge in [-0.05, 0) is 25.1 Å². The predicted molar refractivity (Wildman–Crippen MR) is 63.4 cm³/mol. The van der Waals surface area contributed by atoms with E-state index in [1.165, 1.54) is 24.0 Å². The molecule has 1 atom stereocenters. The number of carbonyl (C=O) groups is 1. The quantitative estimate of drug-likeness (QED) is 0.612. The van der Waals surface area contributed by atoms with Crippen molar-refractivity contribution in [3.63, 3.8) is 0 Å². The average Bonchev–Trinajstić information content (AvgIpc) is 2.28. The van der Waals surface area contributed by atoms with E-state index in [0.29, 0.717) is 12.1 Å². The highest BCUT2D eigenvalue weighted by molar-refractivity contribution is 7.93. The lowest BCUT2D eigenvalue weighted by atomic mass is 10.3. The van der Waals surface area contributed by atoms with Gasteiger partial charge in [-0.3, -0.25) is 4.79 Å². The Labute approximate surface area is 99.7 Å². The van der Waals surface area contributed by atoms with Gasteiger partial charge in [-0.25, -0.2) is 8.42 Å². The van der Waals surface area contributed by atoms with E-state index in [1.807, 2.05) is 0 Å². The minimum absolute atomic E-state index is 0.112. The van der Waals surface area contributed by atoms with Crippen LogP contribution in [0.2, 0.25) is 0 Å². The molecular formula is C10H12ClNO3S. The maximum absolute atomic E-state index is 11.8. The summed E-state index contributed by atoms with van der Waals surface area (Å²) in [6.45, 7) is 1.40. The van der Waals surface area contributed by atoms with Crippen LogP contribution in [-0.2, 0) is 14.6 Å². The predicted octanol–water partition coefficient (Wildman–Crippen LogP) is 1.64. The zero-order valence-electron chi connectivity index (χ0n) is 8.92. The van der Waals surface area contributed by atoms with Crippen molar-refractivity contribution >= 4 is 33.5 Å². The van der Waals surface area contributed by atoms with Crippen LogP contribution in [0.1, 0.15) is 6.92 Å². The Hall–Kier alpha value is -1.07. The molecule has 1 unspecified atom stereocenters. The first kappa shape index (κ1) is 13.0. The normalized spacial score (nSPS) is 13.2. The number of amides is 1. The van der Waals surface area contributed by atoms with E-state index in [-0.39, 0.29) is 4.90 Å². The summed E-state index contributed by atoms with van der Waals surface area (Å²) in [6.07, 6.45) is 0.607. The second kappa shape index (κ2) is 4.84. The van der Waals surface area contributed by atoms with Crippen LogP contribution in [0.15, 0.2) is 29.2 Å². The van der Waals surface area contributed by atoms with Gasteiger partial charge >= 0.3 is 0 Å². The number of hydrogen-bond donors (Lipinski definition) is 0. The summed E-state index contributed by atoms with van der Waals surface area (Å²) in [4.78, 5) is 12.0. The molecule has 0 saturated carbocycles. The fourth-order valence-corrected chi connectivity index (χ4v) is 2.37. The molecule has 0 aliphatic carbocycles. The second-order valence-electron chi connectivity index (χ2n) is 3.30. The Morgan fingerprint density at radius 2 is 2.06 bits per heavy atom. The third-order valence-corrected chi connectivity index (χ3v) is 4.61. The number of rotatable bonds is 4. The molecule has 16 heavy (non-hydrogen) atoms. The van der Waals surface area contributed by atoms with Gasteiger partial charge in [-0.1, -0.05) is 6.07 Å². The maximum atomic E-state index is 11.8. The molecule has 88 valence electrons. The van der Waals surface area contributed by atoms with Gasteiger partial charge in [0.15, 0.2) is 9.84 Å². The fourth-order valence-electron chi connectivity index (χ4n) is 1.13. The van der Waals surface area contributed by atoms with E-state index in [9.17, 15) is 13.2 Å². The number of hydrogen-bond acceptors (Lipinski definition) is 3. The molecule has 0 bridgehead atoms. The van der Waals surface area contributed by atoms with Crippen molar-refractivity contribution in [1.82, 2.24) is 0 Å². The van der Waals surface area contributed by atoms with Gasteiger partial charge in [-0.15, -0.1) is 11.6 Å². The first-order chi connectivity index (χ1) is 7.39. The van der Waals surface area contributed by atoms with Crippen LogP contribution in [0, 0.1) is 0 Å². The molecule has 1 aromatic carbocycles. The van der Waals surface area contributed by atoms with Crippen LogP contribution < -0.4 is 4.90 Å². The smallest absolute Gasteiger partial charge is 0.213 e. The van der Waals surface area contributed by atoms with E-state index in [0.717, 1.165) is 0 Å². The molecule has 0 aromatic heterocycles. The number of anilines is 1. The number of carbonyl (C=O) groups excluding carboxylic acids is 1. The van der Waals surface area contributed by atoms with Crippen LogP contribution in [0.4, 0.5) is 5.69 Å². The molecule has 0 aliphatic rings. The lowest BCUT2D eigenvalue weighted by Gasteiger charge is -2.12. The third-order valence-electron chi connectivity index (χ3n) is 2.14. The summed E-state index contributed by atoms with van der Waals surface area (Å²) < 4.78 is 22.5. The number of benzene rings is 1. The van der Waals surface area contributed by atoms with Crippen molar-refractivity contribution in [2.45, 2.75) is 16.5 Å². The van der Waals surface area contributed by atoms with Gasteiger partial charge in [-0.2, -0.15) is 0 Å². The van der Waals surface area contributed by atoms with E-state index >= 15 is 0 Å². The van der Waals surface area contributed by atoms with Gasteiger partial charge in [0.1, 0.15) is 4.71 Å². The lowest BCUT2D eigenvalue weighted by Crippen LogP contribution is -2.16. The van der Waals surface area contributed by atoms with Crippen molar-refractivity contribution in [2.75, 3.05) is 11.9 Å². The van der Waals surface area contributed by atoms with Crippen LogP contribution >= 0.6 is 11.6 Å². The Kier molecular flexibility index (Phi) is 3.93. The number of sulfone groups is 1. The molecule has 0 aliphatic heterocycles. The molecule has 0 fully saturated rings. The van der Waals surface area contributed by atoms with Gasteiger partial charge in [0.25, 0.3) is 0 Å². The topological polar surface area (TPSA) is 54.5 Å². The van der Waals surface area contributed by atoms with Gasteiger partial charge in [0, 0.05) is 12.7 Å². The van der Waals surface area contributed by atoms with Gasteiger partial charge < -0.3 is 4.90 Å². The highest BCUT2D eigenvalue weighted by Gasteiger charge is 2.21. The zero-order chi connectivity index (χ0) is 12.3. The molecule has 0 radical (unpaired) electrons. The number of nitrogens with zero attached hydrogens (tertiary/aromatic N) is 1. The fraction of sp³-hybridized carbons (Fsp3) is 0.300. The highest BCUT2D eigenvalue weighted by atomic mass is 35.5. The van der Waals surface area contributed by atoms with E-state index in [1.54, 1.807) is 19.2 Å². The molecule has 0 heterocycles. The molecule has 6 heteroatoms. The second-order valence-corrected chi connectivity index (χ2v) is 6.48. The van der Waals surface area contributed by atoms with Crippen LogP contribution in [-0.4, -0.2) is 26.6 Å². The van der Waals surface area contributed by atoms with Crippen molar-refractivity contribution in [1.29, 1.82) is 0 Å². The van der Waals surface area contributed by atoms with E-state index in [4.69, 9.17) is 11.6 Å². The Balaban J connectivity index is 3.23. The third kappa shape index (κ3) is 2.54. The summed E-state index contributed by atoms with van der Waals surface area (Å²) in [5, 5.41) is 0. The molecule has 1 amide bonds. The maximum Gasteiger partial charge on any atom is 0.213 e. The van der Waals surface area contributed by atoms with Gasteiger partial charge in [0.05, 0.1) is 4.90 Å². The molecule has 1 aromatic rings. The van der Waals surface area contributed by atoms with Crippen molar-refractivity contribution < 1.29 is 13.2 Å². The Morgan fingerprint density at radius 1 is 1.44 bits per heavy atom. The van der Waals surface area contributed by atoms with Crippen molar-refractivity contribution in [2.24, 2.45) is 0 Å². The summed E-state index contributed by atoms with van der Waals surface area (Å²) in [7, 11) is -1.97. The van der Waals surface area contributed by atoms with Crippen LogP contribution in [0.25, 0.3) is 0 Å². The first-order valence-corrected chi connectivity index (χ1v) is 6.54. The molecule has 4 nitrogen and oxygen atoms in total. The minimum atomic E-state index is -3.52. The standard InChI is InChI=1S/C10H12ClNO3S/c1-8(11)16(14,15)10-5-3-4-9(6-10)12(2)7-13/h3-8H,1-2H3. The summed E-state index contributed by atoms with van der Waals surface area (Å²) in [5.41, 5.74) is 0.508. The Morgan fingerprint density at radius 3 is 2.56 bits per heavy atom. The average molecular weight is 262 g/mol. The molecule has 0 spiro atoms. The van der Waals surface area contributed by atoms with Crippen molar-refractivity contribution in [3.05, 3.63) is 24.3 Å². The molecule has 0 saturated heterocycles. The molecular weight excluding hydrogens is 250 g/mol. The number of halogens is 1. The largest absolute Gasteiger partial charge is 0.318 e. The van der Waals surface area contributed by atoms with Crippen molar-refractivity contribution in [3.8, 4) is 0 Å². The SMILES string of the molecule is CC(Cl)S(=O)(=O)c1cccc(N(C)C=O)c1. The summed E-state index contributed by atoms with van der Waals surface area (Å²) in [6, 6.07) is 6.09. The summed E-state index contributed by atoms with van der Waals surface area (Å²) in [5.74, 6) is 0. The summed E-state index contributed by atoms with van der Waals surface area (Å²) >= 11 is 5.60. The lowest BCUT2D eigenvalue weighted by molar-refractivity contribution is -0.107. The van der Waals surface area contributed by atoms with Gasteiger partial charge in [0.2, 0.25) is 6.41 Å². The van der Waals surface area contributed by atoms with Crippen LogP contribution in [0.5, 0.6) is 0 Å².